The predicted molar refractivity (Wildman–Crippen MR) is 194 cm³/mol. The molecule has 10 nitrogen and oxygen atoms in total. The van der Waals surface area contributed by atoms with Gasteiger partial charge in [-0.05, 0) is 12.8 Å². The summed E-state index contributed by atoms with van der Waals surface area (Å²) < 4.78 is 31.3. The highest BCUT2D eigenvalue weighted by Crippen LogP contribution is 2.38. The van der Waals surface area contributed by atoms with Crippen LogP contribution in [-0.2, 0) is 32.7 Å². The van der Waals surface area contributed by atoms with Crippen LogP contribution in [0.25, 0.3) is 0 Å². The van der Waals surface area contributed by atoms with Crippen LogP contribution in [0.15, 0.2) is 0 Å². The summed E-state index contributed by atoms with van der Waals surface area (Å²) >= 11 is 0. The fourth-order valence-corrected chi connectivity index (χ4v) is 6.37. The fourth-order valence-electron chi connectivity index (χ4n) is 5.58. The van der Waals surface area contributed by atoms with Crippen LogP contribution in [0.3, 0.4) is 0 Å². The van der Waals surface area contributed by atoms with Crippen molar-refractivity contribution in [2.45, 2.75) is 206 Å². The van der Waals surface area contributed by atoms with Crippen molar-refractivity contribution in [1.29, 1.82) is 0 Å². The van der Waals surface area contributed by atoms with Gasteiger partial charge in [-0.1, -0.05) is 168 Å². The van der Waals surface area contributed by atoms with Crippen LogP contribution in [0.2, 0.25) is 0 Å². The van der Waals surface area contributed by atoms with Gasteiger partial charge in [-0.2, -0.15) is 0 Å². The molecular weight excluding hydrogens is 647 g/mol. The number of phosphoric ester groups is 1. The van der Waals surface area contributed by atoms with Crippen molar-refractivity contribution < 1.29 is 47.8 Å². The van der Waals surface area contributed by atoms with Crippen molar-refractivity contribution in [1.82, 2.24) is 0 Å². The Morgan fingerprint density at radius 3 is 0.980 bits per heavy atom. The number of aliphatic hydroxyl groups excluding tert-OH is 2. The lowest BCUT2D eigenvalue weighted by Crippen LogP contribution is -2.27. The molecule has 0 aromatic heterocycles. The van der Waals surface area contributed by atoms with Crippen molar-refractivity contribution in [3.8, 4) is 0 Å². The number of carbonyl (C=O) groups is 2. The summed E-state index contributed by atoms with van der Waals surface area (Å²) in [4.78, 5) is 35.8. The van der Waals surface area contributed by atoms with Gasteiger partial charge < -0.3 is 33.6 Å². The zero-order valence-electron chi connectivity index (χ0n) is 31.4. The summed E-state index contributed by atoms with van der Waals surface area (Å²) in [7, 11) is -4.83. The Bertz CT molecular complexity index is 736. The van der Waals surface area contributed by atoms with Gasteiger partial charge in [0, 0.05) is 12.8 Å². The van der Waals surface area contributed by atoms with Crippen LogP contribution in [0.5, 0.6) is 0 Å². The van der Waals surface area contributed by atoms with E-state index in [-0.39, 0.29) is 12.8 Å². The summed E-state index contributed by atoms with van der Waals surface area (Å²) in [6, 6.07) is 0. The minimum absolute atomic E-state index is 0.246. The number of aliphatic hydroxyl groups is 2. The predicted octanol–water partition coefficient (Wildman–Crippen LogP) is 9.26. The van der Waals surface area contributed by atoms with E-state index in [1.807, 2.05) is 0 Å². The van der Waals surface area contributed by atoms with Gasteiger partial charge in [0.1, 0.15) is 25.4 Å². The standard InChI is InChI=1S/C38H75O10P/c1-3-5-7-9-11-13-15-17-19-21-23-25-27-29-37(41)45-31-35(39)33-47-49(43,44)48-34-36(40)32-46-38(42)30-28-26-24-22-20-18-16-14-12-10-8-6-4-2/h35-36,39-40H,3-34H2,1-2H3,(H,43,44)/p-1/t35-,36-/m0/s1. The molecule has 292 valence electrons. The first-order valence-electron chi connectivity index (χ1n) is 20.0. The van der Waals surface area contributed by atoms with E-state index < -0.39 is 58.4 Å². The van der Waals surface area contributed by atoms with Crippen molar-refractivity contribution in [3.05, 3.63) is 0 Å². The maximum Gasteiger partial charge on any atom is 0.305 e. The summed E-state index contributed by atoms with van der Waals surface area (Å²) in [5.41, 5.74) is 0. The van der Waals surface area contributed by atoms with Gasteiger partial charge in [-0.25, -0.2) is 0 Å². The molecule has 49 heavy (non-hydrogen) atoms. The molecule has 0 saturated carbocycles. The molecule has 0 aliphatic rings. The van der Waals surface area contributed by atoms with Crippen molar-refractivity contribution in [2.24, 2.45) is 0 Å². The van der Waals surface area contributed by atoms with Crippen LogP contribution in [0, 0.1) is 0 Å². The first-order valence-corrected chi connectivity index (χ1v) is 21.4. The van der Waals surface area contributed by atoms with E-state index in [1.54, 1.807) is 0 Å². The van der Waals surface area contributed by atoms with Crippen molar-refractivity contribution >= 4 is 19.8 Å². The lowest BCUT2D eigenvalue weighted by atomic mass is 10.0. The highest BCUT2D eigenvalue weighted by atomic mass is 31.2. The highest BCUT2D eigenvalue weighted by Gasteiger charge is 2.18. The number of carbonyl (C=O) groups excluding carboxylic acids is 2. The number of unbranched alkanes of at least 4 members (excludes halogenated alkanes) is 24. The van der Waals surface area contributed by atoms with Crippen LogP contribution in [0.1, 0.15) is 194 Å². The second kappa shape index (κ2) is 35.4. The van der Waals surface area contributed by atoms with E-state index in [1.165, 1.54) is 128 Å². The third kappa shape index (κ3) is 36.6. The van der Waals surface area contributed by atoms with Gasteiger partial charge in [0.15, 0.2) is 0 Å². The third-order valence-electron chi connectivity index (χ3n) is 8.69. The summed E-state index contributed by atoms with van der Waals surface area (Å²) in [5.74, 6) is -0.897. The zero-order valence-corrected chi connectivity index (χ0v) is 32.3. The number of rotatable bonds is 38. The molecule has 0 aliphatic heterocycles. The Hall–Kier alpha value is -1.03. The van der Waals surface area contributed by atoms with E-state index in [0.717, 1.165) is 25.7 Å². The van der Waals surface area contributed by atoms with Gasteiger partial charge in [-0.15, -0.1) is 0 Å². The smallest absolute Gasteiger partial charge is 0.305 e. The Balaban J connectivity index is 3.69. The summed E-state index contributed by atoms with van der Waals surface area (Å²) in [6.07, 6.45) is 29.2. The Kier molecular flexibility index (Phi) is 34.6. The molecule has 0 rings (SSSR count). The average molecular weight is 722 g/mol. The first kappa shape index (κ1) is 48.0. The monoisotopic (exact) mass is 722 g/mol. The van der Waals surface area contributed by atoms with Gasteiger partial charge in [-0.3, -0.25) is 14.2 Å². The number of hydrogen-bond donors (Lipinski definition) is 2. The first-order chi connectivity index (χ1) is 23.7. The molecule has 2 N–H and O–H groups in total. The summed E-state index contributed by atoms with van der Waals surface area (Å²) in [5, 5.41) is 19.9. The SMILES string of the molecule is CCCCCCCCCCCCCCCC(=O)OC[C@H](O)COP(=O)([O-])OC[C@@H](O)COC(=O)CCCCCCCCCCCCCCC. The molecule has 0 fully saturated rings. The molecule has 0 unspecified atom stereocenters. The molecule has 0 aromatic carbocycles. The number of phosphoric acid groups is 1. The molecular formula is C38H74O10P-. The number of esters is 2. The Morgan fingerprint density at radius 1 is 0.469 bits per heavy atom. The normalized spacial score (nSPS) is 13.0. The molecule has 11 heteroatoms. The van der Waals surface area contributed by atoms with Gasteiger partial charge in [0.05, 0.1) is 13.2 Å². The summed E-state index contributed by atoms with van der Waals surface area (Å²) in [6.45, 7) is 2.37. The lowest BCUT2D eigenvalue weighted by molar-refractivity contribution is -0.229. The van der Waals surface area contributed by atoms with Crippen LogP contribution >= 0.6 is 7.82 Å². The third-order valence-corrected chi connectivity index (χ3v) is 9.62. The average Bonchev–Trinajstić information content (AvgIpc) is 3.08. The van der Waals surface area contributed by atoms with Crippen LogP contribution < -0.4 is 4.89 Å². The molecule has 0 amide bonds. The quantitative estimate of drug-likeness (QED) is 0.0359. The van der Waals surface area contributed by atoms with Gasteiger partial charge in [0.25, 0.3) is 7.82 Å². The molecule has 2 atom stereocenters. The van der Waals surface area contributed by atoms with E-state index >= 15 is 0 Å². The fraction of sp³-hybridized carbons (Fsp3) is 0.947. The minimum Gasteiger partial charge on any atom is -0.756 e. The Morgan fingerprint density at radius 2 is 0.714 bits per heavy atom. The highest BCUT2D eigenvalue weighted by molar-refractivity contribution is 7.45. The van der Waals surface area contributed by atoms with Crippen LogP contribution in [-0.4, -0.2) is 60.8 Å². The van der Waals surface area contributed by atoms with Gasteiger partial charge in [0.2, 0.25) is 0 Å². The molecule has 0 saturated heterocycles. The molecule has 0 aliphatic carbocycles. The second-order valence-electron chi connectivity index (χ2n) is 13.7. The maximum atomic E-state index is 12.0. The topological polar surface area (TPSA) is 152 Å². The van der Waals surface area contributed by atoms with E-state index in [2.05, 4.69) is 22.9 Å². The van der Waals surface area contributed by atoms with E-state index in [4.69, 9.17) is 9.47 Å². The molecule has 0 aromatic rings. The number of hydrogen-bond acceptors (Lipinski definition) is 10. The largest absolute Gasteiger partial charge is 0.756 e. The van der Waals surface area contributed by atoms with Crippen molar-refractivity contribution in [3.63, 3.8) is 0 Å². The molecule has 0 heterocycles. The lowest BCUT2D eigenvalue weighted by Gasteiger charge is -2.25. The second-order valence-corrected chi connectivity index (χ2v) is 15.1. The molecule has 0 radical (unpaired) electrons. The maximum absolute atomic E-state index is 12.0. The van der Waals surface area contributed by atoms with Crippen LogP contribution in [0.4, 0.5) is 0 Å². The zero-order chi connectivity index (χ0) is 36.3. The number of ether oxygens (including phenoxy) is 2. The van der Waals surface area contributed by atoms with E-state index in [0.29, 0.717) is 12.8 Å². The Labute approximate surface area is 299 Å². The van der Waals surface area contributed by atoms with Crippen molar-refractivity contribution in [2.75, 3.05) is 26.4 Å². The molecule has 0 bridgehead atoms. The minimum atomic E-state index is -4.83. The molecule has 0 spiro atoms. The van der Waals surface area contributed by atoms with Gasteiger partial charge >= 0.3 is 11.9 Å². The van der Waals surface area contributed by atoms with E-state index in [9.17, 15) is 29.3 Å².